The van der Waals surface area contributed by atoms with Crippen LogP contribution in [0.5, 0.6) is 0 Å². The Balaban J connectivity index is 2.26. The molecule has 2 rings (SSSR count). The number of nitrogens with two attached hydrogens (primary N) is 1. The number of aromatic nitrogens is 1. The molecule has 1 heterocycles. The molecule has 0 radical (unpaired) electrons. The van der Waals surface area contributed by atoms with Gasteiger partial charge in [-0.3, -0.25) is 4.98 Å². The van der Waals surface area contributed by atoms with Gasteiger partial charge in [0.05, 0.1) is 0 Å². The van der Waals surface area contributed by atoms with E-state index in [0.29, 0.717) is 12.1 Å². The lowest BCUT2D eigenvalue weighted by Crippen LogP contribution is -2.19. The molecule has 0 saturated carbocycles. The van der Waals surface area contributed by atoms with Gasteiger partial charge in [-0.2, -0.15) is 0 Å². The number of halogens is 2. The summed E-state index contributed by atoms with van der Waals surface area (Å²) in [5, 5.41) is 0. The fourth-order valence-electron chi connectivity index (χ4n) is 1.94. The molecule has 0 aliphatic carbocycles. The van der Waals surface area contributed by atoms with Crippen LogP contribution in [0.1, 0.15) is 11.1 Å². The summed E-state index contributed by atoms with van der Waals surface area (Å²) < 4.78 is 27.8. The van der Waals surface area contributed by atoms with Gasteiger partial charge >= 0.3 is 0 Å². The molecule has 100 valence electrons. The summed E-state index contributed by atoms with van der Waals surface area (Å²) in [4.78, 5) is 5.43. The molecule has 0 fully saturated rings. The second-order valence-electron chi connectivity index (χ2n) is 4.32. The van der Waals surface area contributed by atoms with Crippen LogP contribution in [0.4, 0.5) is 14.5 Å². The zero-order valence-electron chi connectivity index (χ0n) is 10.6. The van der Waals surface area contributed by atoms with Gasteiger partial charge in [0.15, 0.2) is 0 Å². The van der Waals surface area contributed by atoms with Gasteiger partial charge in [0.2, 0.25) is 0 Å². The number of pyridine rings is 1. The highest BCUT2D eigenvalue weighted by atomic mass is 19.1. The smallest absolute Gasteiger partial charge is 0.149 e. The minimum atomic E-state index is -0.600. The lowest BCUT2D eigenvalue weighted by molar-refractivity contribution is 0.573. The summed E-state index contributed by atoms with van der Waals surface area (Å²) in [5.41, 5.74) is 6.71. The van der Waals surface area contributed by atoms with Crippen LogP contribution in [0.15, 0.2) is 36.7 Å². The van der Waals surface area contributed by atoms with Crippen molar-refractivity contribution in [2.75, 3.05) is 11.9 Å². The Morgan fingerprint density at radius 1 is 1.11 bits per heavy atom. The van der Waals surface area contributed by atoms with Crippen LogP contribution in [-0.4, -0.2) is 12.0 Å². The first kappa shape index (κ1) is 13.4. The summed E-state index contributed by atoms with van der Waals surface area (Å²) in [6.45, 7) is 0.514. The molecule has 0 atom stereocenters. The first-order chi connectivity index (χ1) is 9.11. The maximum atomic E-state index is 13.9. The lowest BCUT2D eigenvalue weighted by Gasteiger charge is -2.21. The molecule has 2 N–H and O–H groups in total. The molecule has 0 amide bonds. The van der Waals surface area contributed by atoms with E-state index in [9.17, 15) is 8.78 Å². The first-order valence-electron chi connectivity index (χ1n) is 5.90. The second-order valence-corrected chi connectivity index (χ2v) is 4.32. The molecule has 0 unspecified atom stereocenters. The van der Waals surface area contributed by atoms with Crippen molar-refractivity contribution in [2.45, 2.75) is 13.1 Å². The van der Waals surface area contributed by atoms with Gasteiger partial charge in [-0.05, 0) is 35.4 Å². The fraction of sp³-hybridized carbons (Fsp3) is 0.214. The van der Waals surface area contributed by atoms with E-state index in [1.54, 1.807) is 31.6 Å². The maximum absolute atomic E-state index is 13.9. The quantitative estimate of drug-likeness (QED) is 0.921. The van der Waals surface area contributed by atoms with Crippen LogP contribution >= 0.6 is 0 Å². The molecule has 2 aromatic rings. The molecule has 5 heteroatoms. The predicted molar refractivity (Wildman–Crippen MR) is 70.6 cm³/mol. The van der Waals surface area contributed by atoms with Crippen molar-refractivity contribution in [2.24, 2.45) is 5.73 Å². The van der Waals surface area contributed by atoms with Crippen molar-refractivity contribution in [1.29, 1.82) is 0 Å². The van der Waals surface area contributed by atoms with E-state index in [0.717, 1.165) is 5.56 Å². The third-order valence-corrected chi connectivity index (χ3v) is 2.86. The van der Waals surface area contributed by atoms with Gasteiger partial charge in [-0.1, -0.05) is 0 Å². The third kappa shape index (κ3) is 3.06. The third-order valence-electron chi connectivity index (χ3n) is 2.86. The highest BCUT2D eigenvalue weighted by Crippen LogP contribution is 2.25. The molecular weight excluding hydrogens is 248 g/mol. The molecule has 0 saturated heterocycles. The number of hydrogen-bond donors (Lipinski definition) is 1. The van der Waals surface area contributed by atoms with Crippen LogP contribution in [0.2, 0.25) is 0 Å². The maximum Gasteiger partial charge on any atom is 0.149 e. The molecule has 1 aromatic heterocycles. The van der Waals surface area contributed by atoms with E-state index >= 15 is 0 Å². The minimum Gasteiger partial charge on any atom is -0.366 e. The zero-order valence-corrected chi connectivity index (χ0v) is 10.6. The SMILES string of the molecule is CN(Cc1ccncc1)c1c(F)cc(CN)cc1F. The zero-order chi connectivity index (χ0) is 13.8. The molecule has 0 aliphatic heterocycles. The largest absolute Gasteiger partial charge is 0.366 e. The molecular formula is C14H15F2N3. The van der Waals surface area contributed by atoms with Gasteiger partial charge in [0.25, 0.3) is 0 Å². The van der Waals surface area contributed by atoms with Crippen LogP contribution in [-0.2, 0) is 13.1 Å². The first-order valence-corrected chi connectivity index (χ1v) is 5.90. The number of nitrogens with zero attached hydrogens (tertiary/aromatic N) is 2. The Kier molecular flexibility index (Phi) is 4.06. The van der Waals surface area contributed by atoms with Crippen LogP contribution in [0, 0.1) is 11.6 Å². The number of anilines is 1. The monoisotopic (exact) mass is 263 g/mol. The van der Waals surface area contributed by atoms with Crippen molar-refractivity contribution >= 4 is 5.69 Å². The molecule has 3 nitrogen and oxygen atoms in total. The molecule has 0 spiro atoms. The molecule has 0 aliphatic rings. The van der Waals surface area contributed by atoms with Gasteiger partial charge in [0.1, 0.15) is 17.3 Å². The Bertz CT molecular complexity index is 535. The minimum absolute atomic E-state index is 0.0472. The second kappa shape index (κ2) is 5.75. The number of rotatable bonds is 4. The Labute approximate surface area is 110 Å². The number of benzene rings is 1. The van der Waals surface area contributed by atoms with Crippen molar-refractivity contribution in [3.63, 3.8) is 0 Å². The van der Waals surface area contributed by atoms with Crippen molar-refractivity contribution in [1.82, 2.24) is 4.98 Å². The van der Waals surface area contributed by atoms with E-state index in [1.807, 2.05) is 0 Å². The molecule has 0 bridgehead atoms. The summed E-state index contributed by atoms with van der Waals surface area (Å²) in [5.74, 6) is -1.20. The summed E-state index contributed by atoms with van der Waals surface area (Å²) in [7, 11) is 1.64. The van der Waals surface area contributed by atoms with Crippen molar-refractivity contribution < 1.29 is 8.78 Å². The molecule has 1 aromatic carbocycles. The Morgan fingerprint density at radius 2 is 1.68 bits per heavy atom. The highest BCUT2D eigenvalue weighted by Gasteiger charge is 2.15. The van der Waals surface area contributed by atoms with Gasteiger partial charge in [0, 0.05) is 32.5 Å². The summed E-state index contributed by atoms with van der Waals surface area (Å²) in [6.07, 6.45) is 3.29. The number of hydrogen-bond acceptors (Lipinski definition) is 3. The Hall–Kier alpha value is -2.01. The summed E-state index contributed by atoms with van der Waals surface area (Å²) in [6, 6.07) is 6.14. The highest BCUT2D eigenvalue weighted by molar-refractivity contribution is 5.50. The average molecular weight is 263 g/mol. The lowest BCUT2D eigenvalue weighted by atomic mass is 10.1. The van der Waals surface area contributed by atoms with E-state index < -0.39 is 11.6 Å². The molecule has 19 heavy (non-hydrogen) atoms. The van der Waals surface area contributed by atoms with Crippen molar-refractivity contribution in [3.05, 3.63) is 59.4 Å². The van der Waals surface area contributed by atoms with E-state index in [2.05, 4.69) is 4.98 Å². The topological polar surface area (TPSA) is 42.2 Å². The average Bonchev–Trinajstić information content (AvgIpc) is 2.38. The van der Waals surface area contributed by atoms with E-state index in [-0.39, 0.29) is 12.2 Å². The van der Waals surface area contributed by atoms with Crippen LogP contribution in [0.25, 0.3) is 0 Å². The fourth-order valence-corrected chi connectivity index (χ4v) is 1.94. The van der Waals surface area contributed by atoms with Crippen LogP contribution in [0.3, 0.4) is 0 Å². The summed E-state index contributed by atoms with van der Waals surface area (Å²) >= 11 is 0. The van der Waals surface area contributed by atoms with Gasteiger partial charge in [-0.25, -0.2) is 8.78 Å². The van der Waals surface area contributed by atoms with Crippen LogP contribution < -0.4 is 10.6 Å². The van der Waals surface area contributed by atoms with E-state index in [4.69, 9.17) is 5.73 Å². The van der Waals surface area contributed by atoms with Gasteiger partial charge < -0.3 is 10.6 Å². The predicted octanol–water partition coefficient (Wildman–Crippen LogP) is 2.45. The van der Waals surface area contributed by atoms with Crippen molar-refractivity contribution in [3.8, 4) is 0 Å². The van der Waals surface area contributed by atoms with E-state index in [1.165, 1.54) is 17.0 Å². The normalized spacial score (nSPS) is 10.5. The standard InChI is InChI=1S/C14H15F2N3/c1-19(9-10-2-4-18-5-3-10)14-12(15)6-11(8-17)7-13(14)16/h2-7H,8-9,17H2,1H3. The van der Waals surface area contributed by atoms with Gasteiger partial charge in [-0.15, -0.1) is 0 Å². The Morgan fingerprint density at radius 3 is 2.21 bits per heavy atom.